The van der Waals surface area contributed by atoms with E-state index in [4.69, 9.17) is 9.47 Å². The van der Waals surface area contributed by atoms with Gasteiger partial charge in [-0.25, -0.2) is 0 Å². The summed E-state index contributed by atoms with van der Waals surface area (Å²) in [6.45, 7) is 5.09. The molecule has 92 valence electrons. The van der Waals surface area contributed by atoms with Crippen molar-refractivity contribution in [3.63, 3.8) is 0 Å². The third-order valence-electron chi connectivity index (χ3n) is 2.63. The Morgan fingerprint density at radius 2 is 2.19 bits per heavy atom. The second kappa shape index (κ2) is 7.44. The molecular weight excluding hydrogens is 204 g/mol. The largest absolute Gasteiger partial charge is 0.382 e. The van der Waals surface area contributed by atoms with E-state index >= 15 is 0 Å². The van der Waals surface area contributed by atoms with Crippen LogP contribution in [0.25, 0.3) is 0 Å². The Balaban J connectivity index is 2.24. The predicted octanol–water partition coefficient (Wildman–Crippen LogP) is 1.43. The zero-order valence-electron chi connectivity index (χ0n) is 10.4. The van der Waals surface area contributed by atoms with E-state index in [1.165, 1.54) is 5.56 Å². The van der Waals surface area contributed by atoms with E-state index in [9.17, 15) is 0 Å². The molecule has 0 aliphatic rings. The molecule has 1 atom stereocenters. The molecule has 1 unspecified atom stereocenters. The van der Waals surface area contributed by atoms with Gasteiger partial charge in [-0.05, 0) is 25.6 Å². The van der Waals surface area contributed by atoms with Crippen LogP contribution in [-0.2, 0) is 16.0 Å². The summed E-state index contributed by atoms with van der Waals surface area (Å²) in [5.74, 6) is 0. The van der Waals surface area contributed by atoms with Crippen molar-refractivity contribution in [1.29, 1.82) is 0 Å². The lowest BCUT2D eigenvalue weighted by atomic mass is 10.2. The topological polar surface area (TPSA) is 35.4 Å². The first-order valence-electron chi connectivity index (χ1n) is 5.67. The van der Waals surface area contributed by atoms with Crippen molar-refractivity contribution in [3.05, 3.63) is 24.0 Å². The fourth-order valence-electron chi connectivity index (χ4n) is 1.44. The Kier molecular flexibility index (Phi) is 6.15. The average Bonchev–Trinajstić information content (AvgIpc) is 2.76. The standard InChI is InChI=1S/C12H22N2O2/c1-11(13-2)12-4-5-14(10-12)6-7-16-9-8-15-3/h4-5,10-11,13H,6-9H2,1-3H3. The lowest BCUT2D eigenvalue weighted by molar-refractivity contribution is 0.0666. The van der Waals surface area contributed by atoms with Crippen LogP contribution in [0.5, 0.6) is 0 Å². The molecule has 0 aromatic carbocycles. The minimum Gasteiger partial charge on any atom is -0.382 e. The van der Waals surface area contributed by atoms with Crippen LogP contribution in [0.1, 0.15) is 18.5 Å². The molecule has 1 aromatic rings. The summed E-state index contributed by atoms with van der Waals surface area (Å²) in [4.78, 5) is 0. The highest BCUT2D eigenvalue weighted by Gasteiger charge is 2.03. The van der Waals surface area contributed by atoms with Gasteiger partial charge in [-0.1, -0.05) is 0 Å². The quantitative estimate of drug-likeness (QED) is 0.681. The molecule has 0 radical (unpaired) electrons. The van der Waals surface area contributed by atoms with Crippen LogP contribution in [-0.4, -0.2) is 38.5 Å². The summed E-state index contributed by atoms with van der Waals surface area (Å²) in [5.41, 5.74) is 1.30. The van der Waals surface area contributed by atoms with Crippen LogP contribution in [0, 0.1) is 0 Å². The fraction of sp³-hybridized carbons (Fsp3) is 0.667. The Labute approximate surface area is 97.5 Å². The van der Waals surface area contributed by atoms with Crippen LogP contribution < -0.4 is 5.32 Å². The number of nitrogens with zero attached hydrogens (tertiary/aromatic N) is 1. The number of hydrogen-bond donors (Lipinski definition) is 1. The first kappa shape index (κ1) is 13.2. The van der Waals surface area contributed by atoms with Crippen molar-refractivity contribution in [3.8, 4) is 0 Å². The van der Waals surface area contributed by atoms with Gasteiger partial charge in [0.1, 0.15) is 0 Å². The Morgan fingerprint density at radius 1 is 1.38 bits per heavy atom. The van der Waals surface area contributed by atoms with Crippen molar-refractivity contribution < 1.29 is 9.47 Å². The lowest BCUT2D eigenvalue weighted by Gasteiger charge is -2.07. The zero-order chi connectivity index (χ0) is 11.8. The average molecular weight is 226 g/mol. The number of rotatable bonds is 8. The summed E-state index contributed by atoms with van der Waals surface area (Å²) in [6.07, 6.45) is 4.24. The maximum absolute atomic E-state index is 5.41. The molecule has 1 heterocycles. The lowest BCUT2D eigenvalue weighted by Crippen LogP contribution is -2.12. The SMILES string of the molecule is CNC(C)c1ccn(CCOCCOC)c1. The molecule has 1 aromatic heterocycles. The second-order valence-corrected chi connectivity index (χ2v) is 3.80. The van der Waals surface area contributed by atoms with Gasteiger partial charge in [-0.2, -0.15) is 0 Å². The molecule has 4 heteroatoms. The van der Waals surface area contributed by atoms with E-state index in [-0.39, 0.29) is 0 Å². The third-order valence-corrected chi connectivity index (χ3v) is 2.63. The molecule has 0 aliphatic heterocycles. The van der Waals surface area contributed by atoms with E-state index in [0.29, 0.717) is 19.3 Å². The minimum absolute atomic E-state index is 0.399. The van der Waals surface area contributed by atoms with E-state index in [1.54, 1.807) is 7.11 Å². The number of aromatic nitrogens is 1. The molecule has 0 spiro atoms. The van der Waals surface area contributed by atoms with Crippen molar-refractivity contribution in [2.24, 2.45) is 0 Å². The number of hydrogen-bond acceptors (Lipinski definition) is 3. The van der Waals surface area contributed by atoms with Crippen LogP contribution in [0.4, 0.5) is 0 Å². The summed E-state index contributed by atoms with van der Waals surface area (Å²) < 4.78 is 12.5. The van der Waals surface area contributed by atoms with Gasteiger partial charge in [-0.15, -0.1) is 0 Å². The summed E-state index contributed by atoms with van der Waals surface area (Å²) in [7, 11) is 3.65. The van der Waals surface area contributed by atoms with Crippen molar-refractivity contribution in [1.82, 2.24) is 9.88 Å². The molecule has 1 N–H and O–H groups in total. The number of methoxy groups -OCH3 is 1. The predicted molar refractivity (Wildman–Crippen MR) is 64.6 cm³/mol. The number of nitrogens with one attached hydrogen (secondary N) is 1. The maximum Gasteiger partial charge on any atom is 0.0701 e. The van der Waals surface area contributed by atoms with Gasteiger partial charge in [0.05, 0.1) is 19.8 Å². The van der Waals surface area contributed by atoms with Crippen LogP contribution in [0.2, 0.25) is 0 Å². The molecule has 0 saturated carbocycles. The van der Waals surface area contributed by atoms with Gasteiger partial charge in [0.25, 0.3) is 0 Å². The van der Waals surface area contributed by atoms with Crippen LogP contribution in [0.15, 0.2) is 18.5 Å². The highest BCUT2D eigenvalue weighted by molar-refractivity contribution is 5.14. The highest BCUT2D eigenvalue weighted by Crippen LogP contribution is 2.11. The fourth-order valence-corrected chi connectivity index (χ4v) is 1.44. The van der Waals surface area contributed by atoms with Crippen molar-refractivity contribution in [2.45, 2.75) is 19.5 Å². The van der Waals surface area contributed by atoms with Crippen LogP contribution in [0.3, 0.4) is 0 Å². The Hall–Kier alpha value is -0.840. The number of ether oxygens (including phenoxy) is 2. The van der Waals surface area contributed by atoms with Crippen LogP contribution >= 0.6 is 0 Å². The van der Waals surface area contributed by atoms with Gasteiger partial charge in [-0.3, -0.25) is 0 Å². The summed E-state index contributed by atoms with van der Waals surface area (Å²) >= 11 is 0. The van der Waals surface area contributed by atoms with E-state index in [2.05, 4.69) is 35.3 Å². The van der Waals surface area contributed by atoms with Crippen molar-refractivity contribution in [2.75, 3.05) is 34.0 Å². The molecule has 0 amide bonds. The van der Waals surface area contributed by atoms with Crippen molar-refractivity contribution >= 4 is 0 Å². The molecular formula is C12H22N2O2. The maximum atomic E-state index is 5.41. The zero-order valence-corrected chi connectivity index (χ0v) is 10.4. The Bertz CT molecular complexity index is 286. The van der Waals surface area contributed by atoms with Gasteiger partial charge in [0.2, 0.25) is 0 Å². The molecule has 1 rings (SSSR count). The van der Waals surface area contributed by atoms with Gasteiger partial charge in [0, 0.05) is 32.1 Å². The minimum atomic E-state index is 0.399. The molecule has 16 heavy (non-hydrogen) atoms. The summed E-state index contributed by atoms with van der Waals surface area (Å²) in [6, 6.07) is 2.53. The first-order chi connectivity index (χ1) is 7.77. The van der Waals surface area contributed by atoms with E-state index in [1.807, 2.05) is 7.05 Å². The van der Waals surface area contributed by atoms with E-state index in [0.717, 1.165) is 13.2 Å². The monoisotopic (exact) mass is 226 g/mol. The summed E-state index contributed by atoms with van der Waals surface area (Å²) in [5, 5.41) is 3.22. The molecule has 0 fully saturated rings. The molecule has 0 aliphatic carbocycles. The smallest absolute Gasteiger partial charge is 0.0701 e. The Morgan fingerprint density at radius 3 is 2.88 bits per heavy atom. The van der Waals surface area contributed by atoms with Gasteiger partial charge < -0.3 is 19.4 Å². The second-order valence-electron chi connectivity index (χ2n) is 3.80. The first-order valence-corrected chi connectivity index (χ1v) is 5.67. The highest BCUT2D eigenvalue weighted by atomic mass is 16.5. The van der Waals surface area contributed by atoms with E-state index < -0.39 is 0 Å². The normalized spacial score (nSPS) is 12.9. The molecule has 4 nitrogen and oxygen atoms in total. The third kappa shape index (κ3) is 4.35. The molecule has 0 saturated heterocycles. The van der Waals surface area contributed by atoms with Gasteiger partial charge in [0.15, 0.2) is 0 Å². The molecule has 0 bridgehead atoms. The van der Waals surface area contributed by atoms with Gasteiger partial charge >= 0.3 is 0 Å².